The van der Waals surface area contributed by atoms with E-state index in [0.717, 1.165) is 0 Å². The van der Waals surface area contributed by atoms with Gasteiger partial charge in [-0.2, -0.15) is 0 Å². The zero-order valence-electron chi connectivity index (χ0n) is 7.56. The van der Waals surface area contributed by atoms with Gasteiger partial charge in [-0.25, -0.2) is 4.79 Å². The van der Waals surface area contributed by atoms with Crippen molar-refractivity contribution in [1.29, 1.82) is 0 Å². The molecule has 1 aromatic rings. The minimum atomic E-state index is -0.491. The van der Waals surface area contributed by atoms with Gasteiger partial charge < -0.3 is 9.15 Å². The maximum atomic E-state index is 10.9. The number of ether oxygens (including phenoxy) is 1. The summed E-state index contributed by atoms with van der Waals surface area (Å²) in [4.78, 5) is 14.8. The molecule has 13 heavy (non-hydrogen) atoms. The average molecular weight is 181 g/mol. The van der Waals surface area contributed by atoms with E-state index in [2.05, 4.69) is 9.73 Å². The Labute approximate surface area is 76.2 Å². The van der Waals surface area contributed by atoms with Gasteiger partial charge in [0.25, 0.3) is 0 Å². The number of nitrogens with zero attached hydrogens (tertiary/aromatic N) is 1. The van der Waals surface area contributed by atoms with Crippen molar-refractivity contribution in [2.45, 2.75) is 13.0 Å². The SMILES string of the molecule is COC(=O)[C@H](C)N=Cc1ccco1. The highest BCUT2D eigenvalue weighted by atomic mass is 16.5. The second-order valence-corrected chi connectivity index (χ2v) is 2.49. The van der Waals surface area contributed by atoms with Crippen LogP contribution >= 0.6 is 0 Å². The topological polar surface area (TPSA) is 51.8 Å². The Bertz CT molecular complexity index is 290. The second kappa shape index (κ2) is 4.45. The van der Waals surface area contributed by atoms with E-state index in [0.29, 0.717) is 5.76 Å². The van der Waals surface area contributed by atoms with Crippen molar-refractivity contribution in [3.63, 3.8) is 0 Å². The van der Waals surface area contributed by atoms with Gasteiger partial charge in [-0.05, 0) is 19.1 Å². The molecule has 0 saturated carbocycles. The third-order valence-electron chi connectivity index (χ3n) is 1.51. The summed E-state index contributed by atoms with van der Waals surface area (Å²) in [5.41, 5.74) is 0. The second-order valence-electron chi connectivity index (χ2n) is 2.49. The number of aliphatic imine (C=N–C) groups is 1. The van der Waals surface area contributed by atoms with E-state index in [1.165, 1.54) is 13.3 Å². The largest absolute Gasteiger partial charge is 0.467 e. The molecule has 1 heterocycles. The van der Waals surface area contributed by atoms with Crippen LogP contribution in [0.25, 0.3) is 0 Å². The predicted molar refractivity (Wildman–Crippen MR) is 47.8 cm³/mol. The minimum absolute atomic E-state index is 0.359. The van der Waals surface area contributed by atoms with Gasteiger partial charge in [-0.3, -0.25) is 4.99 Å². The van der Waals surface area contributed by atoms with Crippen molar-refractivity contribution in [2.75, 3.05) is 7.11 Å². The summed E-state index contributed by atoms with van der Waals surface area (Å²) in [7, 11) is 1.33. The van der Waals surface area contributed by atoms with Crippen LogP contribution in [0, 0.1) is 0 Å². The molecule has 0 aromatic carbocycles. The number of furan rings is 1. The predicted octanol–water partition coefficient (Wildman–Crippen LogP) is 1.26. The monoisotopic (exact) mass is 181 g/mol. The van der Waals surface area contributed by atoms with Gasteiger partial charge in [-0.15, -0.1) is 0 Å². The summed E-state index contributed by atoms with van der Waals surface area (Å²) in [5.74, 6) is 0.263. The van der Waals surface area contributed by atoms with Gasteiger partial charge in [0.15, 0.2) is 0 Å². The number of carbonyl (C=O) groups excluding carboxylic acids is 1. The van der Waals surface area contributed by atoms with E-state index in [-0.39, 0.29) is 5.97 Å². The fraction of sp³-hybridized carbons (Fsp3) is 0.333. The number of carbonyl (C=O) groups is 1. The molecule has 0 saturated heterocycles. The van der Waals surface area contributed by atoms with Crippen LogP contribution in [0.2, 0.25) is 0 Å². The summed E-state index contributed by atoms with van der Waals surface area (Å²) in [6.07, 6.45) is 3.05. The fourth-order valence-corrected chi connectivity index (χ4v) is 0.781. The molecule has 1 rings (SSSR count). The minimum Gasteiger partial charge on any atom is -0.467 e. The number of rotatable bonds is 3. The van der Waals surface area contributed by atoms with Crippen molar-refractivity contribution >= 4 is 12.2 Å². The van der Waals surface area contributed by atoms with E-state index in [4.69, 9.17) is 4.42 Å². The van der Waals surface area contributed by atoms with E-state index in [1.54, 1.807) is 25.3 Å². The van der Waals surface area contributed by atoms with Gasteiger partial charge in [0.1, 0.15) is 11.8 Å². The summed E-state index contributed by atoms with van der Waals surface area (Å²) in [5, 5.41) is 0. The lowest BCUT2D eigenvalue weighted by Crippen LogP contribution is -2.16. The Balaban J connectivity index is 2.53. The molecule has 0 radical (unpaired) electrons. The van der Waals surface area contributed by atoms with Gasteiger partial charge in [0, 0.05) is 0 Å². The molecule has 0 unspecified atom stereocenters. The number of hydrogen-bond acceptors (Lipinski definition) is 4. The van der Waals surface area contributed by atoms with Crippen LogP contribution in [-0.4, -0.2) is 25.3 Å². The molecular formula is C9H11NO3. The van der Waals surface area contributed by atoms with Gasteiger partial charge in [0.05, 0.1) is 19.6 Å². The standard InChI is InChI=1S/C9H11NO3/c1-7(9(11)12-2)10-6-8-4-3-5-13-8/h3-7H,1-2H3/t7-/m0/s1. The molecule has 70 valence electrons. The first-order valence-electron chi connectivity index (χ1n) is 3.88. The smallest absolute Gasteiger partial charge is 0.330 e. The molecule has 0 spiro atoms. The maximum absolute atomic E-state index is 10.9. The Hall–Kier alpha value is -1.58. The zero-order chi connectivity index (χ0) is 9.68. The van der Waals surface area contributed by atoms with Gasteiger partial charge >= 0.3 is 5.97 Å². The highest BCUT2D eigenvalue weighted by Gasteiger charge is 2.09. The highest BCUT2D eigenvalue weighted by molar-refractivity contribution is 5.81. The quantitative estimate of drug-likeness (QED) is 0.521. The van der Waals surface area contributed by atoms with Crippen LogP contribution in [0.15, 0.2) is 27.8 Å². The summed E-state index contributed by atoms with van der Waals surface area (Å²) >= 11 is 0. The average Bonchev–Trinajstić information content (AvgIpc) is 2.65. The Kier molecular flexibility index (Phi) is 3.25. The molecular weight excluding hydrogens is 170 g/mol. The van der Waals surface area contributed by atoms with Crippen LogP contribution in [0.4, 0.5) is 0 Å². The first-order chi connectivity index (χ1) is 6.24. The lowest BCUT2D eigenvalue weighted by atomic mass is 10.3. The van der Waals surface area contributed by atoms with Gasteiger partial charge in [0.2, 0.25) is 0 Å². The van der Waals surface area contributed by atoms with Crippen LogP contribution < -0.4 is 0 Å². The lowest BCUT2D eigenvalue weighted by molar-refractivity contribution is -0.141. The molecule has 4 heteroatoms. The third kappa shape index (κ3) is 2.74. The fourth-order valence-electron chi connectivity index (χ4n) is 0.781. The van der Waals surface area contributed by atoms with Crippen molar-refractivity contribution in [2.24, 2.45) is 4.99 Å². The molecule has 0 N–H and O–H groups in total. The molecule has 4 nitrogen and oxygen atoms in total. The summed E-state index contributed by atoms with van der Waals surface area (Å²) in [6, 6.07) is 3.02. The molecule has 0 aliphatic rings. The molecule has 0 fully saturated rings. The van der Waals surface area contributed by atoms with Gasteiger partial charge in [-0.1, -0.05) is 0 Å². The highest BCUT2D eigenvalue weighted by Crippen LogP contribution is 1.98. The first kappa shape index (κ1) is 9.51. The van der Waals surface area contributed by atoms with Crippen molar-refractivity contribution in [1.82, 2.24) is 0 Å². The Morgan fingerprint density at radius 1 is 1.77 bits per heavy atom. The number of hydrogen-bond donors (Lipinski definition) is 0. The van der Waals surface area contributed by atoms with Crippen molar-refractivity contribution in [3.8, 4) is 0 Å². The van der Waals surface area contributed by atoms with Crippen LogP contribution in [0.3, 0.4) is 0 Å². The molecule has 0 aliphatic heterocycles. The van der Waals surface area contributed by atoms with E-state index < -0.39 is 6.04 Å². The van der Waals surface area contributed by atoms with Crippen LogP contribution in [-0.2, 0) is 9.53 Å². The molecule has 1 aromatic heterocycles. The van der Waals surface area contributed by atoms with Crippen LogP contribution in [0.1, 0.15) is 12.7 Å². The van der Waals surface area contributed by atoms with Crippen molar-refractivity contribution < 1.29 is 13.9 Å². The maximum Gasteiger partial charge on any atom is 0.330 e. The number of methoxy groups -OCH3 is 1. The third-order valence-corrected chi connectivity index (χ3v) is 1.51. The Morgan fingerprint density at radius 2 is 2.54 bits per heavy atom. The summed E-state index contributed by atoms with van der Waals surface area (Å²) in [6.45, 7) is 1.66. The number of esters is 1. The van der Waals surface area contributed by atoms with E-state index in [9.17, 15) is 4.79 Å². The molecule has 1 atom stereocenters. The Morgan fingerprint density at radius 3 is 3.08 bits per heavy atom. The zero-order valence-corrected chi connectivity index (χ0v) is 7.56. The summed E-state index contributed by atoms with van der Waals surface area (Å²) < 4.78 is 9.49. The normalized spacial score (nSPS) is 13.1. The molecule has 0 aliphatic carbocycles. The van der Waals surface area contributed by atoms with E-state index in [1.807, 2.05) is 0 Å². The van der Waals surface area contributed by atoms with Crippen molar-refractivity contribution in [3.05, 3.63) is 24.2 Å². The van der Waals surface area contributed by atoms with Crippen LogP contribution in [0.5, 0.6) is 0 Å². The molecule has 0 bridgehead atoms. The first-order valence-corrected chi connectivity index (χ1v) is 3.88. The molecule has 0 amide bonds. The van der Waals surface area contributed by atoms with E-state index >= 15 is 0 Å². The lowest BCUT2D eigenvalue weighted by Gasteiger charge is -2.01.